The second kappa shape index (κ2) is 7.74. The van der Waals surface area contributed by atoms with E-state index in [1.807, 2.05) is 11.0 Å². The van der Waals surface area contributed by atoms with Gasteiger partial charge in [0.25, 0.3) is 0 Å². The standard InChI is InChI=1S/C16H24N2O3S/c1-22(20,21)17-11-9-16(19)18-12-5-8-15(10-13-18)14-6-3-2-4-7-14/h2-4,6-7,15,17H,5,8-13H2,1H3/t15-/m1/s1. The number of rotatable bonds is 5. The zero-order chi connectivity index (χ0) is 16.0. The summed E-state index contributed by atoms with van der Waals surface area (Å²) in [6.07, 6.45) is 4.38. The Labute approximate surface area is 132 Å². The van der Waals surface area contributed by atoms with Crippen molar-refractivity contribution >= 4 is 15.9 Å². The summed E-state index contributed by atoms with van der Waals surface area (Å²) in [5.41, 5.74) is 1.34. The number of likely N-dealkylation sites (tertiary alicyclic amines) is 1. The summed E-state index contributed by atoms with van der Waals surface area (Å²) in [5, 5.41) is 0. The smallest absolute Gasteiger partial charge is 0.223 e. The van der Waals surface area contributed by atoms with Gasteiger partial charge in [-0.25, -0.2) is 13.1 Å². The molecule has 1 aromatic rings. The van der Waals surface area contributed by atoms with Gasteiger partial charge in [0.05, 0.1) is 6.26 Å². The van der Waals surface area contributed by atoms with Crippen LogP contribution < -0.4 is 4.72 Å². The first-order valence-electron chi connectivity index (χ1n) is 7.73. The van der Waals surface area contributed by atoms with Crippen molar-refractivity contribution in [1.82, 2.24) is 9.62 Å². The van der Waals surface area contributed by atoms with E-state index in [0.29, 0.717) is 5.92 Å². The van der Waals surface area contributed by atoms with Crippen LogP contribution in [0.4, 0.5) is 0 Å². The van der Waals surface area contributed by atoms with Crippen LogP contribution in [-0.2, 0) is 14.8 Å². The molecule has 0 saturated carbocycles. The minimum absolute atomic E-state index is 0.0323. The normalized spacial score (nSPS) is 19.7. The molecule has 0 aliphatic carbocycles. The van der Waals surface area contributed by atoms with Crippen LogP contribution in [0, 0.1) is 0 Å². The Bertz CT molecular complexity index is 587. The highest BCUT2D eigenvalue weighted by Crippen LogP contribution is 2.27. The molecule has 22 heavy (non-hydrogen) atoms. The van der Waals surface area contributed by atoms with E-state index in [4.69, 9.17) is 0 Å². The van der Waals surface area contributed by atoms with E-state index >= 15 is 0 Å². The first-order chi connectivity index (χ1) is 10.5. The van der Waals surface area contributed by atoms with Crippen LogP contribution in [0.2, 0.25) is 0 Å². The quantitative estimate of drug-likeness (QED) is 0.897. The zero-order valence-electron chi connectivity index (χ0n) is 13.0. The van der Waals surface area contributed by atoms with Crippen molar-refractivity contribution in [2.24, 2.45) is 0 Å². The van der Waals surface area contributed by atoms with Gasteiger partial charge in [0.15, 0.2) is 0 Å². The SMILES string of the molecule is CS(=O)(=O)NCCC(=O)N1CCC[C@@H](c2ccccc2)CC1. The Kier molecular flexibility index (Phi) is 5.97. The topological polar surface area (TPSA) is 66.5 Å². The highest BCUT2D eigenvalue weighted by atomic mass is 32.2. The molecule has 1 saturated heterocycles. The molecule has 0 bridgehead atoms. The number of carbonyl (C=O) groups is 1. The fraction of sp³-hybridized carbons (Fsp3) is 0.562. The molecule has 1 fully saturated rings. The van der Waals surface area contributed by atoms with Crippen molar-refractivity contribution in [1.29, 1.82) is 0 Å². The van der Waals surface area contributed by atoms with Crippen LogP contribution in [0.5, 0.6) is 0 Å². The van der Waals surface area contributed by atoms with Crippen molar-refractivity contribution in [3.8, 4) is 0 Å². The van der Waals surface area contributed by atoms with Gasteiger partial charge in [0.2, 0.25) is 15.9 Å². The molecule has 5 nitrogen and oxygen atoms in total. The van der Waals surface area contributed by atoms with Crippen molar-refractivity contribution < 1.29 is 13.2 Å². The fourth-order valence-electron chi connectivity index (χ4n) is 2.91. The Balaban J connectivity index is 1.83. The lowest BCUT2D eigenvalue weighted by molar-refractivity contribution is -0.130. The summed E-state index contributed by atoms with van der Waals surface area (Å²) in [5.74, 6) is 0.540. The monoisotopic (exact) mass is 324 g/mol. The summed E-state index contributed by atoms with van der Waals surface area (Å²) in [4.78, 5) is 14.0. The number of nitrogens with zero attached hydrogens (tertiary/aromatic N) is 1. The second-order valence-corrected chi connectivity index (χ2v) is 7.67. The maximum absolute atomic E-state index is 12.2. The van der Waals surface area contributed by atoms with Crippen LogP contribution in [0.25, 0.3) is 0 Å². The molecular weight excluding hydrogens is 300 g/mol. The highest BCUT2D eigenvalue weighted by Gasteiger charge is 2.21. The molecule has 6 heteroatoms. The number of amides is 1. The van der Waals surface area contributed by atoms with Gasteiger partial charge >= 0.3 is 0 Å². The van der Waals surface area contributed by atoms with Gasteiger partial charge in [-0.15, -0.1) is 0 Å². The minimum Gasteiger partial charge on any atom is -0.343 e. The van der Waals surface area contributed by atoms with Gasteiger partial charge in [0, 0.05) is 26.1 Å². The lowest BCUT2D eigenvalue weighted by atomic mass is 9.92. The number of nitrogens with one attached hydrogen (secondary N) is 1. The zero-order valence-corrected chi connectivity index (χ0v) is 13.8. The van der Waals surface area contributed by atoms with Crippen LogP contribution in [0.3, 0.4) is 0 Å². The van der Waals surface area contributed by atoms with Crippen molar-refractivity contribution in [2.75, 3.05) is 25.9 Å². The predicted octanol–water partition coefficient (Wildman–Crippen LogP) is 1.72. The number of benzene rings is 1. The molecule has 0 spiro atoms. The molecule has 0 radical (unpaired) electrons. The number of hydrogen-bond acceptors (Lipinski definition) is 3. The fourth-order valence-corrected chi connectivity index (χ4v) is 3.38. The highest BCUT2D eigenvalue weighted by molar-refractivity contribution is 7.88. The third kappa shape index (κ3) is 5.42. The van der Waals surface area contributed by atoms with Gasteiger partial charge in [-0.3, -0.25) is 4.79 Å². The van der Waals surface area contributed by atoms with Gasteiger partial charge in [0.1, 0.15) is 0 Å². The number of sulfonamides is 1. The molecule has 1 heterocycles. The Hall–Kier alpha value is -1.40. The molecule has 1 aliphatic rings. The first-order valence-corrected chi connectivity index (χ1v) is 9.62. The lowest BCUT2D eigenvalue weighted by Crippen LogP contribution is -2.35. The van der Waals surface area contributed by atoms with E-state index in [2.05, 4.69) is 29.0 Å². The molecule has 1 N–H and O–H groups in total. The average Bonchev–Trinajstić information content (AvgIpc) is 2.72. The number of carbonyl (C=O) groups excluding carboxylic acids is 1. The van der Waals surface area contributed by atoms with Crippen molar-refractivity contribution in [3.63, 3.8) is 0 Å². The van der Waals surface area contributed by atoms with E-state index in [1.54, 1.807) is 0 Å². The summed E-state index contributed by atoms with van der Waals surface area (Å²) in [6, 6.07) is 10.4. The Morgan fingerprint density at radius 3 is 2.64 bits per heavy atom. The summed E-state index contributed by atoms with van der Waals surface area (Å²) >= 11 is 0. The van der Waals surface area contributed by atoms with Crippen LogP contribution in [0.1, 0.15) is 37.2 Å². The molecule has 1 amide bonds. The molecule has 0 aromatic heterocycles. The third-order valence-electron chi connectivity index (χ3n) is 4.05. The predicted molar refractivity (Wildman–Crippen MR) is 87.1 cm³/mol. The minimum atomic E-state index is -3.22. The van der Waals surface area contributed by atoms with Crippen LogP contribution >= 0.6 is 0 Å². The molecule has 1 atom stereocenters. The van der Waals surface area contributed by atoms with Crippen molar-refractivity contribution in [3.05, 3.63) is 35.9 Å². The summed E-state index contributed by atoms with van der Waals surface area (Å²) < 4.78 is 24.4. The Morgan fingerprint density at radius 2 is 1.95 bits per heavy atom. The van der Waals surface area contributed by atoms with Crippen molar-refractivity contribution in [2.45, 2.75) is 31.6 Å². The molecule has 2 rings (SSSR count). The van der Waals surface area contributed by atoms with Crippen LogP contribution in [-0.4, -0.2) is 45.1 Å². The van der Waals surface area contributed by atoms with E-state index in [-0.39, 0.29) is 18.9 Å². The van der Waals surface area contributed by atoms with E-state index < -0.39 is 10.0 Å². The average molecular weight is 324 g/mol. The molecule has 122 valence electrons. The molecule has 0 unspecified atom stereocenters. The lowest BCUT2D eigenvalue weighted by Gasteiger charge is -2.20. The van der Waals surface area contributed by atoms with Gasteiger partial charge in [-0.05, 0) is 30.7 Å². The van der Waals surface area contributed by atoms with Gasteiger partial charge < -0.3 is 4.90 Å². The van der Waals surface area contributed by atoms with Gasteiger partial charge in [-0.2, -0.15) is 0 Å². The Morgan fingerprint density at radius 1 is 1.23 bits per heavy atom. The van der Waals surface area contributed by atoms with E-state index in [1.165, 1.54) is 5.56 Å². The van der Waals surface area contributed by atoms with E-state index in [0.717, 1.165) is 38.6 Å². The number of hydrogen-bond donors (Lipinski definition) is 1. The molecular formula is C16H24N2O3S. The summed E-state index contributed by atoms with van der Waals surface area (Å²) in [7, 11) is -3.22. The van der Waals surface area contributed by atoms with Crippen LogP contribution in [0.15, 0.2) is 30.3 Å². The second-order valence-electron chi connectivity index (χ2n) is 5.84. The third-order valence-corrected chi connectivity index (χ3v) is 4.78. The maximum Gasteiger partial charge on any atom is 0.223 e. The summed E-state index contributed by atoms with van der Waals surface area (Å²) in [6.45, 7) is 1.69. The molecule has 1 aromatic carbocycles. The maximum atomic E-state index is 12.2. The van der Waals surface area contributed by atoms with Gasteiger partial charge in [-0.1, -0.05) is 30.3 Å². The largest absolute Gasteiger partial charge is 0.343 e. The first kappa shape index (κ1) is 17.0. The molecule has 1 aliphatic heterocycles. The van der Waals surface area contributed by atoms with E-state index in [9.17, 15) is 13.2 Å².